The average Bonchev–Trinajstić information content (AvgIpc) is 3.08. The number of imide groups is 1. The molecule has 2 aliphatic heterocycles. The fraction of sp³-hybridized carbons (Fsp3) is 0.500. The lowest BCUT2D eigenvalue weighted by Crippen LogP contribution is -2.55. The number of hydrogen-bond donors (Lipinski definition) is 1. The van der Waals surface area contributed by atoms with Gasteiger partial charge >= 0.3 is 6.03 Å². The SMILES string of the molecule is CCN1C(=O)NC2(CCN(C(=O)c3cccs3)CC2)C1=O. The Morgan fingerprint density at radius 3 is 2.62 bits per heavy atom. The highest BCUT2D eigenvalue weighted by Crippen LogP contribution is 2.30. The maximum Gasteiger partial charge on any atom is 0.325 e. The van der Waals surface area contributed by atoms with E-state index in [4.69, 9.17) is 0 Å². The quantitative estimate of drug-likeness (QED) is 0.837. The third-order valence-corrected chi connectivity index (χ3v) is 5.06. The molecule has 2 aliphatic rings. The van der Waals surface area contributed by atoms with E-state index < -0.39 is 5.54 Å². The number of hydrogen-bond acceptors (Lipinski definition) is 4. The van der Waals surface area contributed by atoms with Crippen LogP contribution < -0.4 is 5.32 Å². The Kier molecular flexibility index (Phi) is 3.44. The molecule has 1 aromatic heterocycles. The van der Waals surface area contributed by atoms with Gasteiger partial charge < -0.3 is 10.2 Å². The van der Waals surface area contributed by atoms with Crippen molar-refractivity contribution in [3.8, 4) is 0 Å². The number of nitrogens with one attached hydrogen (secondary N) is 1. The molecule has 1 aromatic rings. The Balaban J connectivity index is 1.70. The molecule has 21 heavy (non-hydrogen) atoms. The second-order valence-corrected chi connectivity index (χ2v) is 6.28. The Bertz CT molecular complexity index is 576. The minimum atomic E-state index is -0.806. The van der Waals surface area contributed by atoms with Gasteiger partial charge in [0.15, 0.2) is 0 Å². The molecule has 2 saturated heterocycles. The summed E-state index contributed by atoms with van der Waals surface area (Å²) in [6.07, 6.45) is 0.955. The molecule has 3 rings (SSSR count). The Morgan fingerprint density at radius 1 is 1.38 bits per heavy atom. The molecule has 2 fully saturated rings. The lowest BCUT2D eigenvalue weighted by molar-refractivity contribution is -0.132. The summed E-state index contributed by atoms with van der Waals surface area (Å²) in [6, 6.07) is 3.34. The van der Waals surface area contributed by atoms with Crippen molar-refractivity contribution in [1.29, 1.82) is 0 Å². The van der Waals surface area contributed by atoms with Gasteiger partial charge in [0.05, 0.1) is 4.88 Å². The van der Waals surface area contributed by atoms with Crippen molar-refractivity contribution >= 4 is 29.2 Å². The van der Waals surface area contributed by atoms with Gasteiger partial charge in [-0.25, -0.2) is 4.79 Å². The second-order valence-electron chi connectivity index (χ2n) is 5.33. The van der Waals surface area contributed by atoms with Crippen LogP contribution in [-0.2, 0) is 4.79 Å². The number of thiophene rings is 1. The first-order valence-corrected chi connectivity index (χ1v) is 7.92. The third kappa shape index (κ3) is 2.21. The van der Waals surface area contributed by atoms with Gasteiger partial charge in [0.2, 0.25) is 0 Å². The van der Waals surface area contributed by atoms with Gasteiger partial charge in [0, 0.05) is 19.6 Å². The zero-order valence-electron chi connectivity index (χ0n) is 11.8. The highest BCUT2D eigenvalue weighted by Gasteiger charge is 2.52. The summed E-state index contributed by atoms with van der Waals surface area (Å²) in [7, 11) is 0. The van der Waals surface area contributed by atoms with Crippen LogP contribution in [0.4, 0.5) is 4.79 Å². The van der Waals surface area contributed by atoms with E-state index in [1.54, 1.807) is 17.9 Å². The van der Waals surface area contributed by atoms with Crippen molar-refractivity contribution in [2.75, 3.05) is 19.6 Å². The molecule has 3 heterocycles. The van der Waals surface area contributed by atoms with Gasteiger partial charge in [-0.05, 0) is 31.2 Å². The van der Waals surface area contributed by atoms with Crippen LogP contribution in [0.2, 0.25) is 0 Å². The van der Waals surface area contributed by atoms with Crippen LogP contribution >= 0.6 is 11.3 Å². The van der Waals surface area contributed by atoms with E-state index in [1.807, 2.05) is 11.4 Å². The predicted molar refractivity (Wildman–Crippen MR) is 78.1 cm³/mol. The van der Waals surface area contributed by atoms with Crippen LogP contribution in [0.1, 0.15) is 29.4 Å². The summed E-state index contributed by atoms with van der Waals surface area (Å²) in [5.41, 5.74) is -0.806. The molecule has 0 aromatic carbocycles. The summed E-state index contributed by atoms with van der Waals surface area (Å²) in [5.74, 6) is -0.151. The molecule has 0 saturated carbocycles. The fourth-order valence-electron chi connectivity index (χ4n) is 2.95. The molecule has 1 spiro atoms. The molecule has 0 unspecified atom stereocenters. The first-order valence-electron chi connectivity index (χ1n) is 7.04. The summed E-state index contributed by atoms with van der Waals surface area (Å²) in [5, 5.41) is 4.69. The lowest BCUT2D eigenvalue weighted by Gasteiger charge is -2.37. The largest absolute Gasteiger partial charge is 0.338 e. The number of amides is 4. The molecular formula is C14H17N3O3S. The second kappa shape index (κ2) is 5.14. The van der Waals surface area contributed by atoms with Crippen LogP contribution in [0.5, 0.6) is 0 Å². The topological polar surface area (TPSA) is 69.7 Å². The van der Waals surface area contributed by atoms with Crippen molar-refractivity contribution in [1.82, 2.24) is 15.1 Å². The monoisotopic (exact) mass is 307 g/mol. The zero-order chi connectivity index (χ0) is 15.0. The summed E-state index contributed by atoms with van der Waals surface area (Å²) < 4.78 is 0. The minimum Gasteiger partial charge on any atom is -0.338 e. The third-order valence-electron chi connectivity index (χ3n) is 4.20. The van der Waals surface area contributed by atoms with E-state index in [0.29, 0.717) is 37.4 Å². The number of carbonyl (C=O) groups is 3. The number of piperidine rings is 1. The van der Waals surface area contributed by atoms with Crippen molar-refractivity contribution in [3.63, 3.8) is 0 Å². The predicted octanol–water partition coefficient (Wildman–Crippen LogP) is 1.29. The van der Waals surface area contributed by atoms with E-state index in [1.165, 1.54) is 16.2 Å². The number of rotatable bonds is 2. The molecule has 1 N–H and O–H groups in total. The fourth-order valence-corrected chi connectivity index (χ4v) is 3.64. The molecule has 0 atom stereocenters. The highest BCUT2D eigenvalue weighted by atomic mass is 32.1. The maximum absolute atomic E-state index is 12.4. The van der Waals surface area contributed by atoms with Crippen LogP contribution in [0, 0.1) is 0 Å². The number of nitrogens with zero attached hydrogens (tertiary/aromatic N) is 2. The van der Waals surface area contributed by atoms with Crippen LogP contribution in [0.25, 0.3) is 0 Å². The van der Waals surface area contributed by atoms with Crippen LogP contribution in [-0.4, -0.2) is 52.8 Å². The number of likely N-dealkylation sites (tertiary alicyclic amines) is 1. The van der Waals surface area contributed by atoms with E-state index in [2.05, 4.69) is 5.32 Å². The summed E-state index contributed by atoms with van der Waals surface area (Å²) in [6.45, 7) is 3.14. The Labute approximate surface area is 126 Å². The van der Waals surface area contributed by atoms with E-state index in [-0.39, 0.29) is 17.8 Å². The first-order chi connectivity index (χ1) is 10.1. The molecule has 0 aliphatic carbocycles. The highest BCUT2D eigenvalue weighted by molar-refractivity contribution is 7.12. The van der Waals surface area contributed by atoms with E-state index >= 15 is 0 Å². The molecule has 0 radical (unpaired) electrons. The number of urea groups is 1. The first kappa shape index (κ1) is 14.1. The average molecular weight is 307 g/mol. The van der Waals surface area contributed by atoms with E-state index in [9.17, 15) is 14.4 Å². The minimum absolute atomic E-state index is 0.00368. The van der Waals surface area contributed by atoms with Gasteiger partial charge in [0.1, 0.15) is 5.54 Å². The molecule has 7 heteroatoms. The smallest absolute Gasteiger partial charge is 0.325 e. The van der Waals surface area contributed by atoms with Gasteiger partial charge in [-0.3, -0.25) is 14.5 Å². The van der Waals surface area contributed by atoms with Gasteiger partial charge in [-0.2, -0.15) is 0 Å². The van der Waals surface area contributed by atoms with Crippen molar-refractivity contribution in [2.45, 2.75) is 25.3 Å². The van der Waals surface area contributed by atoms with Gasteiger partial charge in [-0.15, -0.1) is 11.3 Å². The number of likely N-dealkylation sites (N-methyl/N-ethyl adjacent to an activating group) is 1. The Morgan fingerprint density at radius 2 is 2.10 bits per heavy atom. The molecule has 4 amide bonds. The van der Waals surface area contributed by atoms with Gasteiger partial charge in [0.25, 0.3) is 11.8 Å². The van der Waals surface area contributed by atoms with Crippen LogP contribution in [0.3, 0.4) is 0 Å². The summed E-state index contributed by atoms with van der Waals surface area (Å²) >= 11 is 1.42. The lowest BCUT2D eigenvalue weighted by atomic mass is 9.87. The molecule has 6 nitrogen and oxygen atoms in total. The van der Waals surface area contributed by atoms with Crippen molar-refractivity contribution in [3.05, 3.63) is 22.4 Å². The molecule has 112 valence electrons. The van der Waals surface area contributed by atoms with Crippen LogP contribution in [0.15, 0.2) is 17.5 Å². The van der Waals surface area contributed by atoms with Crippen molar-refractivity contribution in [2.24, 2.45) is 0 Å². The molecule has 0 bridgehead atoms. The molecular weight excluding hydrogens is 290 g/mol. The Hall–Kier alpha value is -1.89. The standard InChI is InChI=1S/C14H17N3O3S/c1-2-17-12(19)14(15-13(17)20)5-7-16(8-6-14)11(18)10-4-3-9-21-10/h3-4,9H,2,5-8H2,1H3,(H,15,20). The zero-order valence-corrected chi connectivity index (χ0v) is 12.6. The maximum atomic E-state index is 12.4. The summed E-state index contributed by atoms with van der Waals surface area (Å²) in [4.78, 5) is 40.2. The van der Waals surface area contributed by atoms with Gasteiger partial charge in [-0.1, -0.05) is 6.07 Å². The normalized spacial score (nSPS) is 21.0. The van der Waals surface area contributed by atoms with E-state index in [0.717, 1.165) is 0 Å². The van der Waals surface area contributed by atoms with Crippen molar-refractivity contribution < 1.29 is 14.4 Å². The number of carbonyl (C=O) groups excluding carboxylic acids is 3.